The van der Waals surface area contributed by atoms with E-state index in [0.29, 0.717) is 16.7 Å². The van der Waals surface area contributed by atoms with E-state index in [1.165, 1.54) is 12.8 Å². The van der Waals surface area contributed by atoms with Gasteiger partial charge in [-0.1, -0.05) is 44.4 Å². The molecule has 1 aliphatic carbocycles. The van der Waals surface area contributed by atoms with Crippen LogP contribution in [0.1, 0.15) is 68.0 Å². The Labute approximate surface area is 176 Å². The van der Waals surface area contributed by atoms with Crippen molar-refractivity contribution >= 4 is 34.2 Å². The predicted octanol–water partition coefficient (Wildman–Crippen LogP) is 5.60. The number of carbonyl (C=O) groups is 1. The van der Waals surface area contributed by atoms with Gasteiger partial charge < -0.3 is 20.0 Å². The zero-order valence-corrected chi connectivity index (χ0v) is 17.7. The average Bonchev–Trinajstić information content (AvgIpc) is 3.11. The molecule has 2 aromatic rings. The Morgan fingerprint density at radius 1 is 1.28 bits per heavy atom. The summed E-state index contributed by atoms with van der Waals surface area (Å²) in [7, 11) is 0. The molecule has 3 aliphatic rings. The van der Waals surface area contributed by atoms with Crippen molar-refractivity contribution in [1.82, 2.24) is 10.2 Å². The van der Waals surface area contributed by atoms with Crippen LogP contribution in [0, 0.1) is 5.92 Å². The summed E-state index contributed by atoms with van der Waals surface area (Å²) in [6.45, 7) is 7.90. The number of halogens is 1. The van der Waals surface area contributed by atoms with Crippen LogP contribution in [0.4, 0.5) is 5.69 Å². The van der Waals surface area contributed by atoms with E-state index >= 15 is 0 Å². The number of furan rings is 1. The molecule has 5 nitrogen and oxygen atoms in total. The molecule has 1 unspecified atom stereocenters. The molecule has 154 valence electrons. The Kier molecular flexibility index (Phi) is 4.54. The number of piperidine rings is 1. The summed E-state index contributed by atoms with van der Waals surface area (Å²) in [6, 6.07) is 3.76. The second kappa shape index (κ2) is 6.98. The molecule has 1 aromatic carbocycles. The summed E-state index contributed by atoms with van der Waals surface area (Å²) in [6.07, 6.45) is 7.76. The van der Waals surface area contributed by atoms with Crippen LogP contribution in [0.5, 0.6) is 0 Å². The van der Waals surface area contributed by atoms with Gasteiger partial charge in [0.15, 0.2) is 5.76 Å². The molecule has 1 saturated heterocycles. The van der Waals surface area contributed by atoms with Crippen molar-refractivity contribution < 1.29 is 9.21 Å². The highest BCUT2D eigenvalue weighted by Crippen LogP contribution is 2.49. The van der Waals surface area contributed by atoms with Crippen LogP contribution in [0.2, 0.25) is 5.02 Å². The minimum Gasteiger partial charge on any atom is -0.450 e. The molecule has 2 aliphatic heterocycles. The summed E-state index contributed by atoms with van der Waals surface area (Å²) in [5.74, 6) is 1.69. The lowest BCUT2D eigenvalue weighted by Crippen LogP contribution is -2.48. The minimum absolute atomic E-state index is 0.0172. The van der Waals surface area contributed by atoms with Crippen LogP contribution in [0.3, 0.4) is 0 Å². The van der Waals surface area contributed by atoms with Crippen molar-refractivity contribution in [2.75, 3.05) is 18.4 Å². The highest BCUT2D eigenvalue weighted by molar-refractivity contribution is 6.34. The van der Waals surface area contributed by atoms with Gasteiger partial charge in [0.05, 0.1) is 22.1 Å². The SMILES string of the molecule is C=C1Nc2c(Cl)cc3cc(C(=O)N4CCCC(C)C4)oc3c2C2(CCCCC2)N1. The molecular formula is C23H28ClN3O2. The maximum Gasteiger partial charge on any atom is 0.289 e. The fourth-order valence-electron chi connectivity index (χ4n) is 5.43. The Bertz CT molecular complexity index is 990. The number of carbonyl (C=O) groups excluding carboxylic acids is 1. The maximum absolute atomic E-state index is 13.1. The summed E-state index contributed by atoms with van der Waals surface area (Å²) in [5, 5.41) is 8.44. The molecule has 3 heterocycles. The van der Waals surface area contributed by atoms with Crippen LogP contribution < -0.4 is 10.6 Å². The first-order valence-electron chi connectivity index (χ1n) is 10.8. The van der Waals surface area contributed by atoms with E-state index in [1.807, 2.05) is 17.0 Å². The highest BCUT2D eigenvalue weighted by Gasteiger charge is 2.42. The summed E-state index contributed by atoms with van der Waals surface area (Å²) in [5.41, 5.74) is 2.45. The third-order valence-corrected chi connectivity index (χ3v) is 7.06. The number of hydrogen-bond donors (Lipinski definition) is 2. The number of benzene rings is 1. The Hall–Kier alpha value is -2.14. The van der Waals surface area contributed by atoms with Crippen molar-refractivity contribution in [1.29, 1.82) is 0 Å². The summed E-state index contributed by atoms with van der Waals surface area (Å²) < 4.78 is 6.27. The van der Waals surface area contributed by atoms with E-state index in [9.17, 15) is 4.79 Å². The number of rotatable bonds is 1. The lowest BCUT2D eigenvalue weighted by molar-refractivity contribution is 0.0653. The van der Waals surface area contributed by atoms with Crippen molar-refractivity contribution in [3.8, 4) is 0 Å². The molecule has 6 heteroatoms. The van der Waals surface area contributed by atoms with E-state index in [-0.39, 0.29) is 11.4 Å². The van der Waals surface area contributed by atoms with E-state index in [2.05, 4.69) is 24.1 Å². The molecule has 29 heavy (non-hydrogen) atoms. The normalized spacial score (nSPS) is 23.6. The Balaban J connectivity index is 1.62. The van der Waals surface area contributed by atoms with Gasteiger partial charge in [0, 0.05) is 24.0 Å². The second-order valence-electron chi connectivity index (χ2n) is 9.01. The minimum atomic E-state index is -0.239. The van der Waals surface area contributed by atoms with Crippen molar-refractivity contribution in [2.45, 2.75) is 57.4 Å². The molecule has 1 saturated carbocycles. The number of likely N-dealkylation sites (tertiary alicyclic amines) is 1. The monoisotopic (exact) mass is 413 g/mol. The molecule has 1 amide bonds. The zero-order valence-electron chi connectivity index (χ0n) is 16.9. The first-order valence-corrected chi connectivity index (χ1v) is 11.1. The van der Waals surface area contributed by atoms with Gasteiger partial charge in [-0.25, -0.2) is 0 Å². The van der Waals surface area contributed by atoms with Gasteiger partial charge in [-0.05, 0) is 43.7 Å². The van der Waals surface area contributed by atoms with Gasteiger partial charge in [-0.2, -0.15) is 0 Å². The van der Waals surface area contributed by atoms with E-state index in [4.69, 9.17) is 16.0 Å². The number of fused-ring (bicyclic) bond motifs is 4. The first kappa shape index (κ1) is 18.9. The van der Waals surface area contributed by atoms with Crippen molar-refractivity contribution in [2.24, 2.45) is 5.92 Å². The number of anilines is 1. The Morgan fingerprint density at radius 2 is 2.07 bits per heavy atom. The standard InChI is InChI=1S/C23H28ClN3O2/c1-14-7-6-10-27(13-14)22(28)18-12-16-11-17(24)20-19(21(16)29-18)23(26-15(2)25-20)8-4-3-5-9-23/h11-12,14,25-26H,2-10,13H2,1H3. The van der Waals surface area contributed by atoms with Crippen LogP contribution in [-0.2, 0) is 5.54 Å². The van der Waals surface area contributed by atoms with Crippen LogP contribution >= 0.6 is 11.6 Å². The molecule has 0 radical (unpaired) electrons. The molecule has 5 rings (SSSR count). The zero-order chi connectivity index (χ0) is 20.2. The van der Waals surface area contributed by atoms with Gasteiger partial charge in [-0.3, -0.25) is 4.79 Å². The fourth-order valence-corrected chi connectivity index (χ4v) is 5.69. The molecule has 1 spiro atoms. The van der Waals surface area contributed by atoms with E-state index in [1.54, 1.807) is 0 Å². The number of hydrogen-bond acceptors (Lipinski definition) is 4. The molecule has 2 N–H and O–H groups in total. The lowest BCUT2D eigenvalue weighted by atomic mass is 9.74. The predicted molar refractivity (Wildman–Crippen MR) is 116 cm³/mol. The van der Waals surface area contributed by atoms with Crippen LogP contribution in [-0.4, -0.2) is 23.9 Å². The van der Waals surface area contributed by atoms with Crippen molar-refractivity contribution in [3.05, 3.63) is 40.9 Å². The smallest absolute Gasteiger partial charge is 0.289 e. The number of nitrogens with one attached hydrogen (secondary N) is 2. The molecule has 2 fully saturated rings. The Morgan fingerprint density at radius 3 is 2.83 bits per heavy atom. The molecule has 1 atom stereocenters. The van der Waals surface area contributed by atoms with Gasteiger partial charge in [-0.15, -0.1) is 0 Å². The van der Waals surface area contributed by atoms with Gasteiger partial charge >= 0.3 is 0 Å². The summed E-state index contributed by atoms with van der Waals surface area (Å²) in [4.78, 5) is 15.1. The van der Waals surface area contributed by atoms with E-state index < -0.39 is 0 Å². The van der Waals surface area contributed by atoms with Gasteiger partial charge in [0.2, 0.25) is 0 Å². The fraction of sp³-hybridized carbons (Fsp3) is 0.522. The van der Waals surface area contributed by atoms with E-state index in [0.717, 1.165) is 73.2 Å². The molecule has 1 aromatic heterocycles. The third-order valence-electron chi connectivity index (χ3n) is 6.77. The van der Waals surface area contributed by atoms with Crippen LogP contribution in [0.25, 0.3) is 11.0 Å². The largest absolute Gasteiger partial charge is 0.450 e. The lowest BCUT2D eigenvalue weighted by Gasteiger charge is -2.44. The number of amides is 1. The third kappa shape index (κ3) is 3.10. The van der Waals surface area contributed by atoms with Crippen LogP contribution in [0.15, 0.2) is 28.9 Å². The highest BCUT2D eigenvalue weighted by atomic mass is 35.5. The number of nitrogens with zero attached hydrogens (tertiary/aromatic N) is 1. The molecule has 0 bridgehead atoms. The maximum atomic E-state index is 13.1. The van der Waals surface area contributed by atoms with Crippen molar-refractivity contribution in [3.63, 3.8) is 0 Å². The molecular weight excluding hydrogens is 386 g/mol. The summed E-state index contributed by atoms with van der Waals surface area (Å²) >= 11 is 6.68. The topological polar surface area (TPSA) is 57.5 Å². The van der Waals surface area contributed by atoms with Gasteiger partial charge in [0.25, 0.3) is 5.91 Å². The first-order chi connectivity index (χ1) is 14.0. The second-order valence-corrected chi connectivity index (χ2v) is 9.41. The van der Waals surface area contributed by atoms with Gasteiger partial charge in [0.1, 0.15) is 5.58 Å². The quantitative estimate of drug-likeness (QED) is 0.638. The average molecular weight is 414 g/mol.